The average Bonchev–Trinajstić information content (AvgIpc) is 2.68. The lowest BCUT2D eigenvalue weighted by atomic mass is 10.4. The molecule has 0 aliphatic carbocycles. The molecule has 1 heterocycles. The fourth-order valence-electron chi connectivity index (χ4n) is 0.900. The standard InChI is InChI=1S/C9H5N5O3/c10-3-5-6(4-11)13-9(12-5)14-7(15)1-2-8(16)17/h1-2H,(H,16,17)(H2,12,13,14,15)/b2-1-. The number of nitrogens with one attached hydrogen (secondary N) is 2. The van der Waals surface area contributed by atoms with Gasteiger partial charge < -0.3 is 10.1 Å². The number of anilines is 1. The molecule has 1 amide bonds. The summed E-state index contributed by atoms with van der Waals surface area (Å²) >= 11 is 0. The second-order valence-corrected chi connectivity index (χ2v) is 2.69. The predicted molar refractivity (Wildman–Crippen MR) is 53.4 cm³/mol. The number of nitrogens with zero attached hydrogens (tertiary/aromatic N) is 3. The first-order valence-electron chi connectivity index (χ1n) is 4.19. The number of aliphatic carboxylic acids is 1. The molecule has 0 radical (unpaired) electrons. The summed E-state index contributed by atoms with van der Waals surface area (Å²) in [6, 6.07) is 3.35. The van der Waals surface area contributed by atoms with Crippen molar-refractivity contribution in [3.8, 4) is 12.1 Å². The van der Waals surface area contributed by atoms with Gasteiger partial charge in [0, 0.05) is 12.2 Å². The number of aromatic nitrogens is 2. The van der Waals surface area contributed by atoms with Crippen LogP contribution in [-0.4, -0.2) is 27.0 Å². The molecule has 1 rings (SSSR count). The topological polar surface area (TPSA) is 143 Å². The number of hydrogen-bond acceptors (Lipinski definition) is 5. The number of carbonyl (C=O) groups excluding carboxylic acids is 1. The molecular formula is C9H5N5O3. The lowest BCUT2D eigenvalue weighted by Crippen LogP contribution is -2.09. The molecule has 0 saturated heterocycles. The van der Waals surface area contributed by atoms with Gasteiger partial charge in [-0.05, 0) is 0 Å². The Morgan fingerprint density at radius 2 is 2.06 bits per heavy atom. The van der Waals surface area contributed by atoms with Crippen molar-refractivity contribution in [2.45, 2.75) is 0 Å². The molecule has 0 unspecified atom stereocenters. The number of hydrogen-bond donors (Lipinski definition) is 3. The van der Waals surface area contributed by atoms with Gasteiger partial charge in [0.25, 0.3) is 5.91 Å². The first-order valence-corrected chi connectivity index (χ1v) is 4.19. The molecule has 17 heavy (non-hydrogen) atoms. The van der Waals surface area contributed by atoms with E-state index in [1.165, 1.54) is 0 Å². The number of rotatable bonds is 3. The summed E-state index contributed by atoms with van der Waals surface area (Å²) in [5.41, 5.74) is -0.227. The third kappa shape index (κ3) is 3.18. The number of carboxylic acids is 1. The highest BCUT2D eigenvalue weighted by Crippen LogP contribution is 2.07. The number of carbonyl (C=O) groups is 2. The highest BCUT2D eigenvalue weighted by Gasteiger charge is 2.10. The largest absolute Gasteiger partial charge is 0.478 e. The van der Waals surface area contributed by atoms with Crippen LogP contribution >= 0.6 is 0 Å². The van der Waals surface area contributed by atoms with Crippen LogP contribution in [0.1, 0.15) is 11.4 Å². The monoisotopic (exact) mass is 231 g/mol. The van der Waals surface area contributed by atoms with Crippen molar-refractivity contribution in [3.63, 3.8) is 0 Å². The van der Waals surface area contributed by atoms with Crippen molar-refractivity contribution in [1.29, 1.82) is 10.5 Å². The van der Waals surface area contributed by atoms with E-state index in [1.54, 1.807) is 12.1 Å². The summed E-state index contributed by atoms with van der Waals surface area (Å²) in [5, 5.41) is 27.6. The predicted octanol–water partition coefficient (Wildman–Crippen LogP) is -0.268. The minimum Gasteiger partial charge on any atom is -0.478 e. The number of H-pyrrole nitrogens is 1. The highest BCUT2D eigenvalue weighted by atomic mass is 16.4. The van der Waals surface area contributed by atoms with Crippen LogP contribution in [0.2, 0.25) is 0 Å². The van der Waals surface area contributed by atoms with Crippen LogP contribution in [0, 0.1) is 22.7 Å². The summed E-state index contributed by atoms with van der Waals surface area (Å²) in [6.07, 6.45) is 1.43. The molecule has 0 spiro atoms. The second kappa shape index (κ2) is 5.09. The van der Waals surface area contributed by atoms with Gasteiger partial charge in [0.2, 0.25) is 5.95 Å². The van der Waals surface area contributed by atoms with Crippen molar-refractivity contribution in [2.24, 2.45) is 0 Å². The molecular weight excluding hydrogens is 226 g/mol. The lowest BCUT2D eigenvalue weighted by molar-refractivity contribution is -0.131. The van der Waals surface area contributed by atoms with Gasteiger partial charge >= 0.3 is 5.97 Å². The fraction of sp³-hybridized carbons (Fsp3) is 0. The van der Waals surface area contributed by atoms with E-state index >= 15 is 0 Å². The Bertz CT molecular complexity index is 541. The zero-order chi connectivity index (χ0) is 12.8. The normalized spacial score (nSPS) is 9.53. The van der Waals surface area contributed by atoms with Gasteiger partial charge in [-0.15, -0.1) is 0 Å². The van der Waals surface area contributed by atoms with E-state index in [0.717, 1.165) is 6.08 Å². The van der Waals surface area contributed by atoms with E-state index in [-0.39, 0.29) is 17.3 Å². The minimum atomic E-state index is -1.27. The molecule has 0 aliphatic rings. The summed E-state index contributed by atoms with van der Waals surface area (Å²) in [5.74, 6) is -2.11. The Morgan fingerprint density at radius 3 is 2.53 bits per heavy atom. The number of nitriles is 2. The van der Waals surface area contributed by atoms with Gasteiger partial charge in [-0.25, -0.2) is 9.78 Å². The molecule has 0 fully saturated rings. The van der Waals surface area contributed by atoms with E-state index in [4.69, 9.17) is 15.6 Å². The van der Waals surface area contributed by atoms with E-state index in [1.807, 2.05) is 0 Å². The van der Waals surface area contributed by atoms with Gasteiger partial charge in [0.15, 0.2) is 11.4 Å². The molecule has 0 atom stereocenters. The van der Waals surface area contributed by atoms with Gasteiger partial charge in [0.05, 0.1) is 0 Å². The lowest BCUT2D eigenvalue weighted by Gasteiger charge is -1.94. The molecule has 8 heteroatoms. The fourth-order valence-corrected chi connectivity index (χ4v) is 0.900. The van der Waals surface area contributed by atoms with Crippen LogP contribution < -0.4 is 5.32 Å². The van der Waals surface area contributed by atoms with Crippen LogP contribution in [0.25, 0.3) is 0 Å². The van der Waals surface area contributed by atoms with Crippen molar-refractivity contribution in [1.82, 2.24) is 9.97 Å². The highest BCUT2D eigenvalue weighted by molar-refractivity contribution is 6.01. The molecule has 3 N–H and O–H groups in total. The van der Waals surface area contributed by atoms with Gasteiger partial charge in [-0.3, -0.25) is 10.1 Å². The zero-order valence-electron chi connectivity index (χ0n) is 8.26. The van der Waals surface area contributed by atoms with Crippen LogP contribution in [0.5, 0.6) is 0 Å². The van der Waals surface area contributed by atoms with Gasteiger partial charge in [0.1, 0.15) is 12.1 Å². The van der Waals surface area contributed by atoms with Crippen molar-refractivity contribution < 1.29 is 14.7 Å². The maximum Gasteiger partial charge on any atom is 0.328 e. The van der Waals surface area contributed by atoms with E-state index in [0.29, 0.717) is 6.08 Å². The summed E-state index contributed by atoms with van der Waals surface area (Å²) in [6.45, 7) is 0. The number of carboxylic acid groups (broad SMARTS) is 1. The molecule has 84 valence electrons. The summed E-state index contributed by atoms with van der Waals surface area (Å²) < 4.78 is 0. The Balaban J connectivity index is 2.81. The van der Waals surface area contributed by atoms with Crippen molar-refractivity contribution in [2.75, 3.05) is 5.32 Å². The van der Waals surface area contributed by atoms with Crippen LogP contribution in [0.4, 0.5) is 5.95 Å². The smallest absolute Gasteiger partial charge is 0.328 e. The third-order valence-corrected chi connectivity index (χ3v) is 1.54. The Kier molecular flexibility index (Phi) is 3.58. The SMILES string of the molecule is N#Cc1nc(NC(=O)/C=C\C(=O)O)[nH]c1C#N. The number of imidazole rings is 1. The molecule has 0 aromatic carbocycles. The third-order valence-electron chi connectivity index (χ3n) is 1.54. The molecule has 1 aromatic heterocycles. The van der Waals surface area contributed by atoms with E-state index in [9.17, 15) is 9.59 Å². The van der Waals surface area contributed by atoms with E-state index < -0.39 is 11.9 Å². The average molecular weight is 231 g/mol. The number of amides is 1. The molecule has 1 aromatic rings. The quantitative estimate of drug-likeness (QED) is 0.611. The van der Waals surface area contributed by atoms with Gasteiger partial charge in [-0.2, -0.15) is 10.5 Å². The van der Waals surface area contributed by atoms with E-state index in [2.05, 4.69) is 15.3 Å². The first-order chi connectivity index (χ1) is 8.06. The molecule has 0 aliphatic heterocycles. The summed E-state index contributed by atoms with van der Waals surface area (Å²) in [7, 11) is 0. The van der Waals surface area contributed by atoms with Gasteiger partial charge in [-0.1, -0.05) is 0 Å². The van der Waals surface area contributed by atoms with Crippen LogP contribution in [0.3, 0.4) is 0 Å². The minimum absolute atomic E-state index is 0.0787. The Morgan fingerprint density at radius 1 is 1.35 bits per heavy atom. The zero-order valence-corrected chi connectivity index (χ0v) is 8.26. The maximum atomic E-state index is 11.1. The molecule has 0 saturated carbocycles. The molecule has 0 bridgehead atoms. The first kappa shape index (κ1) is 11.9. The van der Waals surface area contributed by atoms with Crippen molar-refractivity contribution >= 4 is 17.8 Å². The van der Waals surface area contributed by atoms with Crippen LogP contribution in [0.15, 0.2) is 12.2 Å². The summed E-state index contributed by atoms with van der Waals surface area (Å²) in [4.78, 5) is 27.3. The number of aromatic amines is 1. The van der Waals surface area contributed by atoms with Crippen LogP contribution in [-0.2, 0) is 9.59 Å². The molecule has 8 nitrogen and oxygen atoms in total. The second-order valence-electron chi connectivity index (χ2n) is 2.69. The van der Waals surface area contributed by atoms with Crippen molar-refractivity contribution in [3.05, 3.63) is 23.5 Å². The Hall–Kier alpha value is -3.13. The maximum absolute atomic E-state index is 11.1. The Labute approximate surface area is 94.8 Å².